The molecule has 4 nitrogen and oxygen atoms in total. The van der Waals surface area contributed by atoms with E-state index in [0.717, 1.165) is 16.7 Å². The lowest BCUT2D eigenvalue weighted by Gasteiger charge is -2.07. The zero-order valence-corrected chi connectivity index (χ0v) is 10.6. The normalized spacial score (nSPS) is 9.79. The molecular formula is C15H14N2O2. The molecule has 0 aliphatic rings. The first kappa shape index (κ1) is 13.1. The summed E-state index contributed by atoms with van der Waals surface area (Å²) in [4.78, 5) is 15.5. The number of aryl methyl sites for hydroxylation is 1. The number of aromatic nitrogens is 2. The highest BCUT2D eigenvalue weighted by atomic mass is 16.2. The van der Waals surface area contributed by atoms with E-state index in [1.165, 1.54) is 0 Å². The van der Waals surface area contributed by atoms with E-state index in [-0.39, 0.29) is 12.3 Å². The molecule has 2 aromatic rings. The van der Waals surface area contributed by atoms with E-state index in [2.05, 4.69) is 16.8 Å². The second-order valence-corrected chi connectivity index (χ2v) is 4.16. The van der Waals surface area contributed by atoms with Crippen LogP contribution in [0.25, 0.3) is 0 Å². The summed E-state index contributed by atoms with van der Waals surface area (Å²) in [5.41, 5.74) is 2.39. The summed E-state index contributed by atoms with van der Waals surface area (Å²) in [7, 11) is 0. The van der Waals surface area contributed by atoms with Gasteiger partial charge < -0.3 is 5.11 Å². The zero-order chi connectivity index (χ0) is 13.7. The molecule has 0 aliphatic carbocycles. The Bertz CT molecular complexity index is 693. The number of benzene rings is 1. The third-order valence-corrected chi connectivity index (χ3v) is 2.64. The van der Waals surface area contributed by atoms with E-state index in [0.29, 0.717) is 6.54 Å². The van der Waals surface area contributed by atoms with Gasteiger partial charge in [-0.1, -0.05) is 30.0 Å². The van der Waals surface area contributed by atoms with Crippen molar-refractivity contribution in [1.29, 1.82) is 0 Å². The zero-order valence-electron chi connectivity index (χ0n) is 10.6. The van der Waals surface area contributed by atoms with Gasteiger partial charge in [-0.05, 0) is 24.1 Å². The Balaban J connectivity index is 2.38. The number of aliphatic hydroxyl groups is 1. The summed E-state index contributed by atoms with van der Waals surface area (Å²) in [5.74, 6) is 5.50. The van der Waals surface area contributed by atoms with Crippen molar-refractivity contribution in [2.45, 2.75) is 13.5 Å². The van der Waals surface area contributed by atoms with Crippen LogP contribution in [-0.4, -0.2) is 21.3 Å². The Hall–Kier alpha value is -2.38. The smallest absolute Gasteiger partial charge is 0.347 e. The number of rotatable bonds is 2. The van der Waals surface area contributed by atoms with Gasteiger partial charge in [0.2, 0.25) is 0 Å². The summed E-state index contributed by atoms with van der Waals surface area (Å²) in [6, 6.07) is 7.55. The summed E-state index contributed by atoms with van der Waals surface area (Å²) in [5, 5.41) is 8.75. The van der Waals surface area contributed by atoms with Crippen LogP contribution in [0.1, 0.15) is 16.7 Å². The maximum atomic E-state index is 11.7. The molecule has 2 rings (SSSR count). The number of hydrogen-bond acceptors (Lipinski definition) is 3. The standard InChI is InChI=1S/C15H14N2O2/c1-12-9-16-15(19)17(10-12)11-14-6-3-2-5-13(14)7-4-8-18/h2-3,5-6,9-10,18H,8,11H2,1H3. The average molecular weight is 254 g/mol. The molecular weight excluding hydrogens is 240 g/mol. The van der Waals surface area contributed by atoms with Crippen molar-refractivity contribution in [3.8, 4) is 11.8 Å². The third-order valence-electron chi connectivity index (χ3n) is 2.64. The molecule has 0 saturated carbocycles. The first-order valence-electron chi connectivity index (χ1n) is 5.91. The predicted octanol–water partition coefficient (Wildman–Crippen LogP) is 0.944. The molecule has 1 heterocycles. The number of nitrogens with zero attached hydrogens (tertiary/aromatic N) is 2. The summed E-state index contributed by atoms with van der Waals surface area (Å²) in [6.07, 6.45) is 3.32. The Morgan fingerprint density at radius 3 is 2.95 bits per heavy atom. The summed E-state index contributed by atoms with van der Waals surface area (Å²) >= 11 is 0. The van der Waals surface area contributed by atoms with Gasteiger partial charge in [-0.15, -0.1) is 0 Å². The van der Waals surface area contributed by atoms with Crippen molar-refractivity contribution >= 4 is 0 Å². The Morgan fingerprint density at radius 2 is 2.16 bits per heavy atom. The molecule has 0 aliphatic heterocycles. The van der Waals surface area contributed by atoms with E-state index < -0.39 is 0 Å². The monoisotopic (exact) mass is 254 g/mol. The van der Waals surface area contributed by atoms with Gasteiger partial charge in [0.1, 0.15) is 6.61 Å². The van der Waals surface area contributed by atoms with E-state index >= 15 is 0 Å². The molecule has 1 aromatic heterocycles. The molecule has 0 bridgehead atoms. The first-order valence-corrected chi connectivity index (χ1v) is 5.91. The quantitative estimate of drug-likeness (QED) is 0.812. The second-order valence-electron chi connectivity index (χ2n) is 4.16. The van der Waals surface area contributed by atoms with Crippen molar-refractivity contribution in [3.05, 3.63) is 63.8 Å². The lowest BCUT2D eigenvalue weighted by atomic mass is 10.1. The fourth-order valence-corrected chi connectivity index (χ4v) is 1.78. The van der Waals surface area contributed by atoms with Crippen LogP contribution < -0.4 is 5.69 Å². The van der Waals surface area contributed by atoms with E-state index in [1.54, 1.807) is 17.0 Å². The highest BCUT2D eigenvalue weighted by molar-refractivity contribution is 5.41. The van der Waals surface area contributed by atoms with Crippen LogP contribution in [0.5, 0.6) is 0 Å². The summed E-state index contributed by atoms with van der Waals surface area (Å²) in [6.45, 7) is 2.13. The first-order chi connectivity index (χ1) is 9.20. The van der Waals surface area contributed by atoms with Gasteiger partial charge in [-0.2, -0.15) is 0 Å². The third kappa shape index (κ3) is 3.30. The topological polar surface area (TPSA) is 55.1 Å². The van der Waals surface area contributed by atoms with Crippen LogP contribution in [0, 0.1) is 18.8 Å². The Morgan fingerprint density at radius 1 is 1.37 bits per heavy atom. The van der Waals surface area contributed by atoms with Crippen molar-refractivity contribution in [3.63, 3.8) is 0 Å². The van der Waals surface area contributed by atoms with E-state index in [4.69, 9.17) is 5.11 Å². The molecule has 1 aromatic carbocycles. The van der Waals surface area contributed by atoms with Crippen LogP contribution in [0.2, 0.25) is 0 Å². The van der Waals surface area contributed by atoms with Crippen molar-refractivity contribution < 1.29 is 5.11 Å². The number of aliphatic hydroxyl groups excluding tert-OH is 1. The molecule has 4 heteroatoms. The van der Waals surface area contributed by atoms with Crippen LogP contribution in [0.15, 0.2) is 41.5 Å². The molecule has 0 saturated heterocycles. The summed E-state index contributed by atoms with van der Waals surface area (Å²) < 4.78 is 1.55. The van der Waals surface area contributed by atoms with Gasteiger partial charge in [0, 0.05) is 18.0 Å². The van der Waals surface area contributed by atoms with Crippen LogP contribution in [0.4, 0.5) is 0 Å². The highest BCUT2D eigenvalue weighted by Crippen LogP contribution is 2.08. The maximum absolute atomic E-state index is 11.7. The lowest BCUT2D eigenvalue weighted by Crippen LogP contribution is -2.23. The van der Waals surface area contributed by atoms with Crippen LogP contribution in [0.3, 0.4) is 0 Å². The van der Waals surface area contributed by atoms with E-state index in [1.807, 2.05) is 31.2 Å². The SMILES string of the molecule is Cc1cnc(=O)n(Cc2ccccc2C#CCO)c1. The van der Waals surface area contributed by atoms with Crippen molar-refractivity contribution in [1.82, 2.24) is 9.55 Å². The molecule has 0 unspecified atom stereocenters. The molecule has 1 N–H and O–H groups in total. The lowest BCUT2D eigenvalue weighted by molar-refractivity contribution is 0.350. The number of hydrogen-bond donors (Lipinski definition) is 1. The maximum Gasteiger partial charge on any atom is 0.347 e. The predicted molar refractivity (Wildman–Crippen MR) is 72.7 cm³/mol. The molecule has 96 valence electrons. The Labute approximate surface area is 111 Å². The molecule has 0 spiro atoms. The molecule has 0 fully saturated rings. The van der Waals surface area contributed by atoms with Gasteiger partial charge in [0.15, 0.2) is 0 Å². The van der Waals surface area contributed by atoms with Crippen molar-refractivity contribution in [2.75, 3.05) is 6.61 Å². The minimum absolute atomic E-state index is 0.180. The molecule has 0 radical (unpaired) electrons. The second kappa shape index (κ2) is 5.98. The molecule has 0 amide bonds. The molecule has 0 atom stereocenters. The van der Waals surface area contributed by atoms with Gasteiger partial charge in [-0.25, -0.2) is 9.78 Å². The van der Waals surface area contributed by atoms with Crippen LogP contribution >= 0.6 is 0 Å². The van der Waals surface area contributed by atoms with E-state index in [9.17, 15) is 4.79 Å². The van der Waals surface area contributed by atoms with Gasteiger partial charge in [-0.3, -0.25) is 4.57 Å². The Kier molecular flexibility index (Phi) is 4.11. The van der Waals surface area contributed by atoms with Crippen molar-refractivity contribution in [2.24, 2.45) is 0 Å². The van der Waals surface area contributed by atoms with Gasteiger partial charge in [0.05, 0.1) is 6.54 Å². The highest BCUT2D eigenvalue weighted by Gasteiger charge is 2.03. The van der Waals surface area contributed by atoms with Gasteiger partial charge in [0.25, 0.3) is 0 Å². The van der Waals surface area contributed by atoms with Crippen LogP contribution in [-0.2, 0) is 6.54 Å². The minimum Gasteiger partial charge on any atom is -0.384 e. The molecule has 19 heavy (non-hydrogen) atoms. The minimum atomic E-state index is -0.282. The largest absolute Gasteiger partial charge is 0.384 e. The fraction of sp³-hybridized carbons (Fsp3) is 0.200. The van der Waals surface area contributed by atoms with Gasteiger partial charge >= 0.3 is 5.69 Å². The average Bonchev–Trinajstić information content (AvgIpc) is 2.42. The fourth-order valence-electron chi connectivity index (χ4n) is 1.78.